The van der Waals surface area contributed by atoms with Crippen LogP contribution in [0.15, 0.2) is 11.1 Å². The van der Waals surface area contributed by atoms with Crippen LogP contribution in [-0.2, 0) is 4.79 Å². The van der Waals surface area contributed by atoms with Gasteiger partial charge in [0, 0.05) is 24.7 Å². The topological polar surface area (TPSA) is 40.5 Å². The average Bonchev–Trinajstić information content (AvgIpc) is 2.88. The molecule has 0 unspecified atom stereocenters. The van der Waals surface area contributed by atoms with Crippen LogP contribution in [-0.4, -0.2) is 35.1 Å². The Labute approximate surface area is 84.4 Å². The first-order valence-electron chi connectivity index (χ1n) is 5.40. The van der Waals surface area contributed by atoms with Gasteiger partial charge in [0.05, 0.1) is 0 Å². The van der Waals surface area contributed by atoms with Crippen LogP contribution >= 0.6 is 0 Å². The lowest BCUT2D eigenvalue weighted by molar-refractivity contribution is -0.132. The van der Waals surface area contributed by atoms with Crippen molar-refractivity contribution in [2.45, 2.75) is 38.6 Å². The van der Waals surface area contributed by atoms with Crippen molar-refractivity contribution in [3.63, 3.8) is 0 Å². The zero-order valence-corrected chi connectivity index (χ0v) is 8.62. The third kappa shape index (κ3) is 1.82. The normalized spacial score (nSPS) is 26.6. The minimum atomic E-state index is -0.722. The highest BCUT2D eigenvalue weighted by Crippen LogP contribution is 2.32. The highest BCUT2D eigenvalue weighted by Gasteiger charge is 2.33. The summed E-state index contributed by atoms with van der Waals surface area (Å²) in [4.78, 5) is 13.4. The van der Waals surface area contributed by atoms with Crippen LogP contribution < -0.4 is 0 Å². The third-order valence-corrected chi connectivity index (χ3v) is 3.20. The molecule has 1 aliphatic carbocycles. The second kappa shape index (κ2) is 3.73. The maximum atomic E-state index is 10.9. The molecule has 1 aliphatic heterocycles. The van der Waals surface area contributed by atoms with E-state index in [0.717, 1.165) is 31.1 Å². The Morgan fingerprint density at radius 3 is 2.79 bits per heavy atom. The van der Waals surface area contributed by atoms with Gasteiger partial charge in [-0.1, -0.05) is 6.92 Å². The second-order valence-electron chi connectivity index (χ2n) is 4.19. The van der Waals surface area contributed by atoms with E-state index in [1.807, 2.05) is 6.92 Å². The smallest absolute Gasteiger partial charge is 0.331 e. The molecule has 2 rings (SSSR count). The van der Waals surface area contributed by atoms with E-state index in [2.05, 4.69) is 4.90 Å². The molecule has 0 bridgehead atoms. The van der Waals surface area contributed by atoms with Gasteiger partial charge in [-0.05, 0) is 31.3 Å². The summed E-state index contributed by atoms with van der Waals surface area (Å²) in [5, 5.41) is 9.00. The molecule has 2 fully saturated rings. The zero-order chi connectivity index (χ0) is 10.1. The first kappa shape index (κ1) is 9.71. The molecule has 2 aliphatic rings. The standard InChI is InChI=1S/C11H17NO2/c1-2-10(11(13)14)8-5-6-12(7-8)9-3-4-9/h9H,2-7H2,1H3,(H,13,14)/b10-8-. The molecule has 3 nitrogen and oxygen atoms in total. The SMILES string of the molecule is CC/C(C(=O)O)=C1\CCN(C2CC2)C1. The van der Waals surface area contributed by atoms with Gasteiger partial charge >= 0.3 is 5.97 Å². The molecule has 0 aromatic heterocycles. The zero-order valence-electron chi connectivity index (χ0n) is 8.62. The lowest BCUT2D eigenvalue weighted by atomic mass is 10.1. The Hall–Kier alpha value is -0.830. The summed E-state index contributed by atoms with van der Waals surface area (Å²) < 4.78 is 0. The van der Waals surface area contributed by atoms with E-state index in [9.17, 15) is 4.79 Å². The minimum Gasteiger partial charge on any atom is -0.478 e. The summed E-state index contributed by atoms with van der Waals surface area (Å²) in [6.07, 6.45) is 4.23. The van der Waals surface area contributed by atoms with Crippen LogP contribution in [0.1, 0.15) is 32.6 Å². The molecule has 1 heterocycles. The molecular weight excluding hydrogens is 178 g/mol. The Morgan fingerprint density at radius 1 is 1.57 bits per heavy atom. The molecule has 0 aromatic rings. The Kier molecular flexibility index (Phi) is 2.59. The summed E-state index contributed by atoms with van der Waals surface area (Å²) >= 11 is 0. The van der Waals surface area contributed by atoms with Gasteiger partial charge in [0.1, 0.15) is 0 Å². The molecule has 0 atom stereocenters. The fraction of sp³-hybridized carbons (Fsp3) is 0.727. The van der Waals surface area contributed by atoms with Crippen molar-refractivity contribution in [3.05, 3.63) is 11.1 Å². The molecule has 0 amide bonds. The average molecular weight is 195 g/mol. The second-order valence-corrected chi connectivity index (χ2v) is 4.19. The van der Waals surface area contributed by atoms with E-state index < -0.39 is 5.97 Å². The number of rotatable bonds is 3. The number of aliphatic carboxylic acids is 1. The number of carboxylic acid groups (broad SMARTS) is 1. The van der Waals surface area contributed by atoms with Crippen molar-refractivity contribution in [1.29, 1.82) is 0 Å². The fourth-order valence-electron chi connectivity index (χ4n) is 2.23. The molecule has 0 spiro atoms. The maximum absolute atomic E-state index is 10.9. The lowest BCUT2D eigenvalue weighted by Crippen LogP contribution is -2.21. The van der Waals surface area contributed by atoms with Crippen molar-refractivity contribution in [2.75, 3.05) is 13.1 Å². The van der Waals surface area contributed by atoms with Crippen LogP contribution in [0.4, 0.5) is 0 Å². The molecule has 1 saturated heterocycles. The highest BCUT2D eigenvalue weighted by molar-refractivity contribution is 5.87. The molecule has 0 aromatic carbocycles. The maximum Gasteiger partial charge on any atom is 0.331 e. The largest absolute Gasteiger partial charge is 0.478 e. The van der Waals surface area contributed by atoms with Crippen molar-refractivity contribution >= 4 is 5.97 Å². The summed E-state index contributed by atoms with van der Waals surface area (Å²) in [6, 6.07) is 0.763. The molecular formula is C11H17NO2. The van der Waals surface area contributed by atoms with Gasteiger partial charge in [0.15, 0.2) is 0 Å². The quantitative estimate of drug-likeness (QED) is 0.696. The van der Waals surface area contributed by atoms with E-state index in [-0.39, 0.29) is 0 Å². The highest BCUT2D eigenvalue weighted by atomic mass is 16.4. The van der Waals surface area contributed by atoms with E-state index in [4.69, 9.17) is 5.11 Å². The van der Waals surface area contributed by atoms with Crippen molar-refractivity contribution in [3.8, 4) is 0 Å². The predicted molar refractivity (Wildman–Crippen MR) is 54.2 cm³/mol. The number of nitrogens with zero attached hydrogens (tertiary/aromatic N) is 1. The summed E-state index contributed by atoms with van der Waals surface area (Å²) in [7, 11) is 0. The lowest BCUT2D eigenvalue weighted by Gasteiger charge is -2.12. The molecule has 14 heavy (non-hydrogen) atoms. The minimum absolute atomic E-state index is 0.646. The van der Waals surface area contributed by atoms with Gasteiger partial charge in [-0.2, -0.15) is 0 Å². The number of hydrogen-bond donors (Lipinski definition) is 1. The van der Waals surface area contributed by atoms with Crippen molar-refractivity contribution < 1.29 is 9.90 Å². The fourth-order valence-corrected chi connectivity index (χ4v) is 2.23. The Balaban J connectivity index is 2.07. The summed E-state index contributed by atoms with van der Waals surface area (Å²) in [5.41, 5.74) is 1.81. The van der Waals surface area contributed by atoms with Crippen molar-refractivity contribution in [1.82, 2.24) is 4.90 Å². The van der Waals surface area contributed by atoms with Gasteiger partial charge < -0.3 is 5.11 Å². The van der Waals surface area contributed by atoms with Gasteiger partial charge in [0.25, 0.3) is 0 Å². The number of likely N-dealkylation sites (tertiary alicyclic amines) is 1. The first-order chi connectivity index (χ1) is 6.72. The monoisotopic (exact) mass is 195 g/mol. The van der Waals surface area contributed by atoms with Crippen LogP contribution in [0.5, 0.6) is 0 Å². The number of carboxylic acids is 1. The Morgan fingerprint density at radius 2 is 2.29 bits per heavy atom. The Bertz CT molecular complexity index is 279. The molecule has 78 valence electrons. The van der Waals surface area contributed by atoms with Gasteiger partial charge in [-0.15, -0.1) is 0 Å². The van der Waals surface area contributed by atoms with Gasteiger partial charge in [-0.25, -0.2) is 4.79 Å². The van der Waals surface area contributed by atoms with Crippen LogP contribution in [0.25, 0.3) is 0 Å². The number of hydrogen-bond acceptors (Lipinski definition) is 2. The van der Waals surface area contributed by atoms with E-state index in [0.29, 0.717) is 12.0 Å². The van der Waals surface area contributed by atoms with E-state index >= 15 is 0 Å². The molecule has 1 N–H and O–H groups in total. The number of carbonyl (C=O) groups is 1. The predicted octanol–water partition coefficient (Wildman–Crippen LogP) is 1.65. The van der Waals surface area contributed by atoms with E-state index in [1.165, 1.54) is 12.8 Å². The van der Waals surface area contributed by atoms with Crippen molar-refractivity contribution in [2.24, 2.45) is 0 Å². The van der Waals surface area contributed by atoms with Crippen LogP contribution in [0.2, 0.25) is 0 Å². The summed E-state index contributed by atoms with van der Waals surface area (Å²) in [5.74, 6) is -0.722. The third-order valence-electron chi connectivity index (χ3n) is 3.20. The molecule has 3 heteroatoms. The molecule has 1 saturated carbocycles. The van der Waals surface area contributed by atoms with Gasteiger partial charge in [-0.3, -0.25) is 4.90 Å². The van der Waals surface area contributed by atoms with Crippen LogP contribution in [0.3, 0.4) is 0 Å². The summed E-state index contributed by atoms with van der Waals surface area (Å²) in [6.45, 7) is 3.90. The molecule has 0 radical (unpaired) electrons. The van der Waals surface area contributed by atoms with E-state index in [1.54, 1.807) is 0 Å². The first-order valence-corrected chi connectivity index (χ1v) is 5.40. The van der Waals surface area contributed by atoms with Crippen LogP contribution in [0, 0.1) is 0 Å². The van der Waals surface area contributed by atoms with Gasteiger partial charge in [0.2, 0.25) is 0 Å².